The predicted molar refractivity (Wildman–Crippen MR) is 94.0 cm³/mol. The van der Waals surface area contributed by atoms with Crippen LogP contribution in [0.15, 0.2) is 18.2 Å². The maximum atomic E-state index is 12.5. The van der Waals surface area contributed by atoms with E-state index in [2.05, 4.69) is 10.6 Å². The molecule has 0 radical (unpaired) electrons. The molecule has 2 aliphatic heterocycles. The summed E-state index contributed by atoms with van der Waals surface area (Å²) in [6.07, 6.45) is 1.34. The minimum absolute atomic E-state index is 0.0133. The van der Waals surface area contributed by atoms with Crippen molar-refractivity contribution in [3.63, 3.8) is 0 Å². The highest BCUT2D eigenvalue weighted by Crippen LogP contribution is 2.33. The van der Waals surface area contributed by atoms with Gasteiger partial charge < -0.3 is 25.0 Å². The first-order valence-electron chi connectivity index (χ1n) is 8.79. The molecule has 1 saturated heterocycles. The quantitative estimate of drug-likeness (QED) is 0.879. The van der Waals surface area contributed by atoms with Gasteiger partial charge in [-0.05, 0) is 38.8 Å². The number of urea groups is 1. The number of nitrogens with zero attached hydrogens (tertiary/aromatic N) is 1. The summed E-state index contributed by atoms with van der Waals surface area (Å²) in [7, 11) is 0. The lowest BCUT2D eigenvalue weighted by molar-refractivity contribution is -0.121. The molecule has 2 aliphatic rings. The molecule has 3 rings (SSSR count). The lowest BCUT2D eigenvalue weighted by Gasteiger charge is -2.32. The van der Waals surface area contributed by atoms with Gasteiger partial charge in [0.2, 0.25) is 5.91 Å². The minimum Gasteiger partial charge on any atom is -0.486 e. The van der Waals surface area contributed by atoms with Crippen LogP contribution in [0.2, 0.25) is 0 Å². The van der Waals surface area contributed by atoms with Crippen LogP contribution >= 0.6 is 0 Å². The minimum atomic E-state index is -0.0868. The summed E-state index contributed by atoms with van der Waals surface area (Å²) < 4.78 is 11.0. The number of hydrogen-bond donors (Lipinski definition) is 2. The summed E-state index contributed by atoms with van der Waals surface area (Å²) in [6.45, 7) is 6.12. The maximum absolute atomic E-state index is 12.5. The van der Waals surface area contributed by atoms with Crippen LogP contribution in [0.3, 0.4) is 0 Å². The van der Waals surface area contributed by atoms with Gasteiger partial charge in [0.15, 0.2) is 11.5 Å². The molecule has 0 aliphatic carbocycles. The summed E-state index contributed by atoms with van der Waals surface area (Å²) in [5.41, 5.74) is 0.703. The van der Waals surface area contributed by atoms with E-state index in [1.807, 2.05) is 26.0 Å². The van der Waals surface area contributed by atoms with Crippen LogP contribution in [0.25, 0.3) is 0 Å². The van der Waals surface area contributed by atoms with Crippen molar-refractivity contribution in [3.05, 3.63) is 18.2 Å². The van der Waals surface area contributed by atoms with Crippen LogP contribution in [0, 0.1) is 5.92 Å². The SMILES string of the molecule is CC(C)NC(=O)N1CCC(C(=O)Nc2ccc3c(c2)OCCO3)CC1. The van der Waals surface area contributed by atoms with Crippen molar-refractivity contribution < 1.29 is 19.1 Å². The summed E-state index contributed by atoms with van der Waals surface area (Å²) in [6, 6.07) is 5.47. The highest BCUT2D eigenvalue weighted by Gasteiger charge is 2.27. The van der Waals surface area contributed by atoms with E-state index in [-0.39, 0.29) is 23.9 Å². The Labute approximate surface area is 147 Å². The lowest BCUT2D eigenvalue weighted by Crippen LogP contribution is -2.47. The lowest BCUT2D eigenvalue weighted by atomic mass is 9.96. The highest BCUT2D eigenvalue weighted by molar-refractivity contribution is 5.93. The third-order valence-electron chi connectivity index (χ3n) is 4.37. The molecule has 3 amide bonds. The van der Waals surface area contributed by atoms with E-state index in [4.69, 9.17) is 9.47 Å². The van der Waals surface area contributed by atoms with Crippen molar-refractivity contribution in [1.29, 1.82) is 0 Å². The number of amides is 3. The molecule has 1 aromatic carbocycles. The first kappa shape index (κ1) is 17.4. The van der Waals surface area contributed by atoms with Crippen LogP contribution in [-0.2, 0) is 4.79 Å². The van der Waals surface area contributed by atoms with Gasteiger partial charge in [-0.15, -0.1) is 0 Å². The summed E-state index contributed by atoms with van der Waals surface area (Å²) in [4.78, 5) is 26.3. The molecule has 1 aromatic rings. The number of anilines is 1. The topological polar surface area (TPSA) is 79.9 Å². The number of piperidine rings is 1. The molecule has 2 N–H and O–H groups in total. The maximum Gasteiger partial charge on any atom is 0.317 e. The molecule has 7 heteroatoms. The van der Waals surface area contributed by atoms with Gasteiger partial charge >= 0.3 is 6.03 Å². The van der Waals surface area contributed by atoms with Crippen molar-refractivity contribution in [3.8, 4) is 11.5 Å². The Bertz CT molecular complexity index is 639. The van der Waals surface area contributed by atoms with Gasteiger partial charge in [-0.2, -0.15) is 0 Å². The number of carbonyl (C=O) groups is 2. The Morgan fingerprint density at radius 2 is 1.80 bits per heavy atom. The second-order valence-corrected chi connectivity index (χ2v) is 6.71. The van der Waals surface area contributed by atoms with Crippen LogP contribution in [-0.4, -0.2) is 49.2 Å². The van der Waals surface area contributed by atoms with Crippen molar-refractivity contribution >= 4 is 17.6 Å². The second kappa shape index (κ2) is 7.63. The van der Waals surface area contributed by atoms with Gasteiger partial charge in [-0.1, -0.05) is 0 Å². The smallest absolute Gasteiger partial charge is 0.317 e. The largest absolute Gasteiger partial charge is 0.486 e. The summed E-state index contributed by atoms with van der Waals surface area (Å²) >= 11 is 0. The zero-order valence-corrected chi connectivity index (χ0v) is 14.7. The fourth-order valence-electron chi connectivity index (χ4n) is 3.05. The Morgan fingerprint density at radius 3 is 2.48 bits per heavy atom. The third kappa shape index (κ3) is 4.35. The molecule has 0 saturated carbocycles. The molecule has 136 valence electrons. The first-order chi connectivity index (χ1) is 12.0. The molecule has 25 heavy (non-hydrogen) atoms. The normalized spacial score (nSPS) is 17.3. The van der Waals surface area contributed by atoms with E-state index >= 15 is 0 Å². The molecule has 0 bridgehead atoms. The number of ether oxygens (including phenoxy) is 2. The molecular formula is C18H25N3O4. The Hall–Kier alpha value is -2.44. The van der Waals surface area contributed by atoms with Gasteiger partial charge in [0, 0.05) is 36.8 Å². The van der Waals surface area contributed by atoms with Gasteiger partial charge in [-0.3, -0.25) is 4.79 Å². The molecule has 1 fully saturated rings. The number of likely N-dealkylation sites (tertiary alicyclic amines) is 1. The van der Waals surface area contributed by atoms with E-state index in [1.165, 1.54) is 0 Å². The average Bonchev–Trinajstić information content (AvgIpc) is 2.61. The van der Waals surface area contributed by atoms with Gasteiger partial charge in [0.1, 0.15) is 13.2 Å². The zero-order chi connectivity index (χ0) is 17.8. The fourth-order valence-corrected chi connectivity index (χ4v) is 3.05. The number of hydrogen-bond acceptors (Lipinski definition) is 4. The number of benzene rings is 1. The van der Waals surface area contributed by atoms with Crippen LogP contribution < -0.4 is 20.1 Å². The average molecular weight is 347 g/mol. The molecule has 7 nitrogen and oxygen atoms in total. The Morgan fingerprint density at radius 1 is 1.12 bits per heavy atom. The van der Waals surface area contributed by atoms with Crippen molar-refractivity contribution in [2.24, 2.45) is 5.92 Å². The van der Waals surface area contributed by atoms with Crippen LogP contribution in [0.4, 0.5) is 10.5 Å². The Balaban J connectivity index is 1.52. The molecule has 0 aromatic heterocycles. The standard InChI is InChI=1S/C18H25N3O4/c1-12(2)19-18(23)21-7-5-13(6-8-21)17(22)20-14-3-4-15-16(11-14)25-10-9-24-15/h3-4,11-13H,5-10H2,1-2H3,(H,19,23)(H,20,22). The molecular weight excluding hydrogens is 322 g/mol. The van der Waals surface area contributed by atoms with E-state index in [1.54, 1.807) is 11.0 Å². The number of carbonyl (C=O) groups excluding carboxylic acids is 2. The van der Waals surface area contributed by atoms with Gasteiger partial charge in [-0.25, -0.2) is 4.79 Å². The van der Waals surface area contributed by atoms with Crippen molar-refractivity contribution in [1.82, 2.24) is 10.2 Å². The van der Waals surface area contributed by atoms with Crippen LogP contribution in [0.5, 0.6) is 11.5 Å². The Kier molecular flexibility index (Phi) is 5.31. The second-order valence-electron chi connectivity index (χ2n) is 6.71. The summed E-state index contributed by atoms with van der Waals surface area (Å²) in [5, 5.41) is 5.83. The number of fused-ring (bicyclic) bond motifs is 1. The van der Waals surface area contributed by atoms with E-state index in [0.29, 0.717) is 56.3 Å². The summed E-state index contributed by atoms with van der Waals surface area (Å²) in [5.74, 6) is 1.26. The van der Waals surface area contributed by atoms with Crippen molar-refractivity contribution in [2.75, 3.05) is 31.6 Å². The third-order valence-corrected chi connectivity index (χ3v) is 4.37. The molecule has 0 unspecified atom stereocenters. The van der Waals surface area contributed by atoms with E-state index in [0.717, 1.165) is 0 Å². The zero-order valence-electron chi connectivity index (χ0n) is 14.7. The van der Waals surface area contributed by atoms with Crippen molar-refractivity contribution in [2.45, 2.75) is 32.7 Å². The monoisotopic (exact) mass is 347 g/mol. The molecule has 2 heterocycles. The number of rotatable bonds is 3. The van der Waals surface area contributed by atoms with Gasteiger partial charge in [0.05, 0.1) is 0 Å². The van der Waals surface area contributed by atoms with Crippen LogP contribution in [0.1, 0.15) is 26.7 Å². The predicted octanol–water partition coefficient (Wildman–Crippen LogP) is 2.23. The van der Waals surface area contributed by atoms with Gasteiger partial charge in [0.25, 0.3) is 0 Å². The molecule has 0 spiro atoms. The van der Waals surface area contributed by atoms with E-state index < -0.39 is 0 Å². The number of nitrogens with one attached hydrogen (secondary N) is 2. The molecule has 0 atom stereocenters. The highest BCUT2D eigenvalue weighted by atomic mass is 16.6. The van der Waals surface area contributed by atoms with E-state index in [9.17, 15) is 9.59 Å². The fraction of sp³-hybridized carbons (Fsp3) is 0.556. The first-order valence-corrected chi connectivity index (χ1v) is 8.79.